The lowest BCUT2D eigenvalue weighted by Gasteiger charge is -2.10. The van der Waals surface area contributed by atoms with E-state index < -0.39 is 0 Å². The number of halogens is 2. The summed E-state index contributed by atoms with van der Waals surface area (Å²) in [7, 11) is 0. The maximum atomic E-state index is 12.2. The van der Waals surface area contributed by atoms with Gasteiger partial charge in [-0.15, -0.1) is 0 Å². The highest BCUT2D eigenvalue weighted by Crippen LogP contribution is 2.25. The molecule has 4 nitrogen and oxygen atoms in total. The van der Waals surface area contributed by atoms with Gasteiger partial charge in [-0.1, -0.05) is 11.6 Å². The topological polar surface area (TPSA) is 67.1 Å². The molecule has 0 spiro atoms. The molecule has 104 valence electrons. The molecule has 0 aliphatic carbocycles. The van der Waals surface area contributed by atoms with E-state index in [0.717, 1.165) is 14.8 Å². The van der Waals surface area contributed by atoms with Crippen molar-refractivity contribution in [1.82, 2.24) is 0 Å². The molecule has 0 aliphatic rings. The number of amides is 1. The van der Waals surface area contributed by atoms with E-state index in [9.17, 15) is 4.79 Å². The van der Waals surface area contributed by atoms with Gasteiger partial charge in [0.2, 0.25) is 0 Å². The minimum atomic E-state index is -0.200. The van der Waals surface area contributed by atoms with Gasteiger partial charge in [0, 0.05) is 14.8 Å². The van der Waals surface area contributed by atoms with Gasteiger partial charge in [-0.25, -0.2) is 0 Å². The van der Waals surface area contributed by atoms with Crippen molar-refractivity contribution in [3.8, 4) is 0 Å². The first-order valence-corrected chi connectivity index (χ1v) is 7.30. The number of carbonyl (C=O) groups excluding carboxylic acids is 1. The van der Waals surface area contributed by atoms with Crippen molar-refractivity contribution in [2.24, 2.45) is 5.84 Å². The van der Waals surface area contributed by atoms with E-state index in [1.54, 1.807) is 24.3 Å². The van der Waals surface area contributed by atoms with Gasteiger partial charge >= 0.3 is 0 Å². The Bertz CT molecular complexity index is 661. The van der Waals surface area contributed by atoms with Gasteiger partial charge in [-0.2, -0.15) is 0 Å². The molecule has 0 atom stereocenters. The maximum absolute atomic E-state index is 12.2. The van der Waals surface area contributed by atoms with Crippen LogP contribution < -0.4 is 16.6 Å². The second-order valence-electron chi connectivity index (χ2n) is 4.25. The van der Waals surface area contributed by atoms with E-state index in [4.69, 9.17) is 17.4 Å². The SMILES string of the molecule is Cc1cc(NN)ccc1C(=O)Nc1ccc(I)cc1Cl. The zero-order valence-electron chi connectivity index (χ0n) is 10.7. The van der Waals surface area contributed by atoms with Crippen molar-refractivity contribution in [1.29, 1.82) is 0 Å². The van der Waals surface area contributed by atoms with Crippen LogP contribution in [0.5, 0.6) is 0 Å². The molecular formula is C14H13ClIN3O. The van der Waals surface area contributed by atoms with Gasteiger partial charge in [-0.05, 0) is 71.5 Å². The molecule has 20 heavy (non-hydrogen) atoms. The summed E-state index contributed by atoms with van der Waals surface area (Å²) in [6.45, 7) is 1.85. The summed E-state index contributed by atoms with van der Waals surface area (Å²) in [5.74, 6) is 5.13. The van der Waals surface area contributed by atoms with Crippen LogP contribution in [-0.4, -0.2) is 5.91 Å². The van der Waals surface area contributed by atoms with Crippen LogP contribution in [-0.2, 0) is 0 Å². The molecule has 2 aromatic rings. The number of nitrogen functional groups attached to an aromatic ring is 1. The van der Waals surface area contributed by atoms with Crippen LogP contribution in [0.25, 0.3) is 0 Å². The number of benzene rings is 2. The minimum absolute atomic E-state index is 0.200. The van der Waals surface area contributed by atoms with Crippen molar-refractivity contribution in [2.75, 3.05) is 10.7 Å². The summed E-state index contributed by atoms with van der Waals surface area (Å²) in [5, 5.41) is 3.32. The summed E-state index contributed by atoms with van der Waals surface area (Å²) in [6.07, 6.45) is 0. The number of nitrogens with two attached hydrogens (primary N) is 1. The summed E-state index contributed by atoms with van der Waals surface area (Å²) in [6, 6.07) is 10.7. The Labute approximate surface area is 135 Å². The van der Waals surface area contributed by atoms with E-state index in [1.165, 1.54) is 0 Å². The smallest absolute Gasteiger partial charge is 0.255 e. The van der Waals surface area contributed by atoms with Crippen LogP contribution >= 0.6 is 34.2 Å². The minimum Gasteiger partial charge on any atom is -0.324 e. The van der Waals surface area contributed by atoms with Crippen molar-refractivity contribution >= 4 is 51.5 Å². The number of anilines is 2. The Balaban J connectivity index is 2.24. The second-order valence-corrected chi connectivity index (χ2v) is 5.91. The lowest BCUT2D eigenvalue weighted by Crippen LogP contribution is -2.14. The van der Waals surface area contributed by atoms with Crippen LogP contribution in [0.3, 0.4) is 0 Å². The fourth-order valence-electron chi connectivity index (χ4n) is 1.79. The fraction of sp³-hybridized carbons (Fsp3) is 0.0714. The number of nitrogens with one attached hydrogen (secondary N) is 2. The van der Waals surface area contributed by atoms with Crippen LogP contribution in [0, 0.1) is 10.5 Å². The molecule has 0 aromatic heterocycles. The molecule has 0 saturated heterocycles. The first kappa shape index (κ1) is 15.1. The average molecular weight is 402 g/mol. The van der Waals surface area contributed by atoms with E-state index >= 15 is 0 Å². The summed E-state index contributed by atoms with van der Waals surface area (Å²) in [4.78, 5) is 12.2. The number of hydrogen-bond acceptors (Lipinski definition) is 3. The monoisotopic (exact) mass is 401 g/mol. The molecular weight excluding hydrogens is 389 g/mol. The molecule has 6 heteroatoms. The summed E-state index contributed by atoms with van der Waals surface area (Å²) >= 11 is 8.27. The van der Waals surface area contributed by atoms with Crippen LogP contribution in [0.1, 0.15) is 15.9 Å². The second kappa shape index (κ2) is 6.43. The molecule has 0 radical (unpaired) electrons. The highest BCUT2D eigenvalue weighted by molar-refractivity contribution is 14.1. The van der Waals surface area contributed by atoms with Gasteiger partial charge in [0.25, 0.3) is 5.91 Å². The molecule has 0 bridgehead atoms. The van der Waals surface area contributed by atoms with Gasteiger partial charge in [0.1, 0.15) is 0 Å². The average Bonchev–Trinajstić information content (AvgIpc) is 2.41. The van der Waals surface area contributed by atoms with Gasteiger partial charge in [0.15, 0.2) is 0 Å². The molecule has 4 N–H and O–H groups in total. The summed E-state index contributed by atoms with van der Waals surface area (Å²) < 4.78 is 1.01. The molecule has 1 amide bonds. The molecule has 2 rings (SSSR count). The Morgan fingerprint density at radius 3 is 2.60 bits per heavy atom. The maximum Gasteiger partial charge on any atom is 0.255 e. The number of hydrogen-bond donors (Lipinski definition) is 3. The van der Waals surface area contributed by atoms with Crippen LogP contribution in [0.4, 0.5) is 11.4 Å². The molecule has 2 aromatic carbocycles. The highest BCUT2D eigenvalue weighted by atomic mass is 127. The largest absolute Gasteiger partial charge is 0.324 e. The van der Waals surface area contributed by atoms with Crippen molar-refractivity contribution in [3.05, 3.63) is 56.1 Å². The molecule has 0 aliphatic heterocycles. The van der Waals surface area contributed by atoms with Gasteiger partial charge in [-0.3, -0.25) is 10.6 Å². The highest BCUT2D eigenvalue weighted by Gasteiger charge is 2.11. The van der Waals surface area contributed by atoms with Crippen molar-refractivity contribution < 1.29 is 4.79 Å². The Kier molecular flexibility index (Phi) is 4.85. The van der Waals surface area contributed by atoms with Crippen LogP contribution in [0.15, 0.2) is 36.4 Å². The predicted octanol–water partition coefficient (Wildman–Crippen LogP) is 3.79. The zero-order chi connectivity index (χ0) is 14.7. The Hall–Kier alpha value is -1.31. The third kappa shape index (κ3) is 3.41. The van der Waals surface area contributed by atoms with E-state index in [1.807, 2.05) is 19.1 Å². The van der Waals surface area contributed by atoms with Gasteiger partial charge in [0.05, 0.1) is 10.7 Å². The zero-order valence-corrected chi connectivity index (χ0v) is 13.6. The Morgan fingerprint density at radius 2 is 2.00 bits per heavy atom. The third-order valence-corrected chi connectivity index (χ3v) is 3.80. The van der Waals surface area contributed by atoms with E-state index in [2.05, 4.69) is 33.3 Å². The third-order valence-electron chi connectivity index (χ3n) is 2.82. The predicted molar refractivity (Wildman–Crippen MR) is 91.1 cm³/mol. The first-order valence-electron chi connectivity index (χ1n) is 5.85. The standard InChI is InChI=1S/C14H13ClIN3O/c1-8-6-10(19-17)3-4-11(8)14(20)18-13-5-2-9(16)7-12(13)15/h2-7,19H,17H2,1H3,(H,18,20). The molecule has 0 unspecified atom stereocenters. The summed E-state index contributed by atoms with van der Waals surface area (Å²) in [5.41, 5.74) is 5.31. The van der Waals surface area contributed by atoms with Crippen LogP contribution in [0.2, 0.25) is 5.02 Å². The first-order chi connectivity index (χ1) is 9.51. The lowest BCUT2D eigenvalue weighted by molar-refractivity contribution is 0.102. The number of rotatable bonds is 3. The van der Waals surface area contributed by atoms with E-state index in [0.29, 0.717) is 16.3 Å². The lowest BCUT2D eigenvalue weighted by atomic mass is 10.1. The van der Waals surface area contributed by atoms with Crippen molar-refractivity contribution in [3.63, 3.8) is 0 Å². The molecule has 0 fully saturated rings. The quantitative estimate of drug-likeness (QED) is 0.416. The fourth-order valence-corrected chi connectivity index (χ4v) is 2.69. The number of aryl methyl sites for hydroxylation is 1. The normalized spacial score (nSPS) is 10.2. The van der Waals surface area contributed by atoms with Gasteiger partial charge < -0.3 is 10.7 Å². The number of carbonyl (C=O) groups is 1. The number of hydrazine groups is 1. The molecule has 0 saturated carbocycles. The molecule has 0 heterocycles. The van der Waals surface area contributed by atoms with Crippen molar-refractivity contribution in [2.45, 2.75) is 6.92 Å². The Morgan fingerprint density at radius 1 is 1.25 bits per heavy atom. The van der Waals surface area contributed by atoms with E-state index in [-0.39, 0.29) is 5.91 Å².